The van der Waals surface area contributed by atoms with E-state index in [2.05, 4.69) is 15.6 Å². The molecule has 1 aromatic heterocycles. The zero-order valence-electron chi connectivity index (χ0n) is 9.80. The van der Waals surface area contributed by atoms with Gasteiger partial charge in [0.2, 0.25) is 5.91 Å². The van der Waals surface area contributed by atoms with E-state index in [1.807, 2.05) is 6.92 Å². The average molecular weight is 290 g/mol. The number of halogens is 2. The zero-order chi connectivity index (χ0) is 13.5. The molecule has 0 saturated heterocycles. The van der Waals surface area contributed by atoms with Gasteiger partial charge < -0.3 is 10.6 Å². The summed E-state index contributed by atoms with van der Waals surface area (Å²) in [5.74, 6) is -0.450. The maximum absolute atomic E-state index is 11.7. The number of nitrogens with zero attached hydrogens (tertiary/aromatic N) is 1. The third-order valence-corrected chi connectivity index (χ3v) is 2.42. The van der Waals surface area contributed by atoms with E-state index in [4.69, 9.17) is 23.2 Å². The second-order valence-electron chi connectivity index (χ2n) is 3.46. The number of hydrogen-bond donors (Lipinski definition) is 2. The molecular weight excluding hydrogens is 277 g/mol. The van der Waals surface area contributed by atoms with Crippen molar-refractivity contribution in [2.45, 2.75) is 13.3 Å². The van der Waals surface area contributed by atoms with Crippen molar-refractivity contribution in [2.24, 2.45) is 0 Å². The van der Waals surface area contributed by atoms with Crippen molar-refractivity contribution in [1.29, 1.82) is 0 Å². The SMILES string of the molecule is CCNC(=O)CCNC(=O)c1cc(Cl)nc(Cl)c1. The molecule has 1 rings (SSSR count). The maximum atomic E-state index is 11.7. The fourth-order valence-corrected chi connectivity index (χ4v) is 1.73. The van der Waals surface area contributed by atoms with Crippen LogP contribution in [0.4, 0.5) is 0 Å². The van der Waals surface area contributed by atoms with Crippen molar-refractivity contribution >= 4 is 35.0 Å². The fraction of sp³-hybridized carbons (Fsp3) is 0.364. The highest BCUT2D eigenvalue weighted by Crippen LogP contribution is 2.14. The molecule has 0 spiro atoms. The molecule has 0 unspecified atom stereocenters. The number of carbonyl (C=O) groups excluding carboxylic acids is 2. The highest BCUT2D eigenvalue weighted by molar-refractivity contribution is 6.33. The number of rotatable bonds is 5. The quantitative estimate of drug-likeness (QED) is 0.810. The minimum Gasteiger partial charge on any atom is -0.356 e. The van der Waals surface area contributed by atoms with Crippen molar-refractivity contribution in [3.63, 3.8) is 0 Å². The summed E-state index contributed by atoms with van der Waals surface area (Å²) in [4.78, 5) is 26.6. The smallest absolute Gasteiger partial charge is 0.251 e. The second-order valence-corrected chi connectivity index (χ2v) is 4.24. The van der Waals surface area contributed by atoms with Gasteiger partial charge in [-0.15, -0.1) is 0 Å². The molecule has 1 heterocycles. The summed E-state index contributed by atoms with van der Waals surface area (Å²) in [6.07, 6.45) is 0.228. The van der Waals surface area contributed by atoms with E-state index >= 15 is 0 Å². The summed E-state index contributed by atoms with van der Waals surface area (Å²) in [5.41, 5.74) is 0.316. The highest BCUT2D eigenvalue weighted by Gasteiger charge is 2.09. The average Bonchev–Trinajstić information content (AvgIpc) is 2.27. The van der Waals surface area contributed by atoms with Crippen molar-refractivity contribution in [1.82, 2.24) is 15.6 Å². The van der Waals surface area contributed by atoms with E-state index in [-0.39, 0.29) is 35.1 Å². The molecule has 0 aliphatic rings. The lowest BCUT2D eigenvalue weighted by molar-refractivity contribution is -0.120. The van der Waals surface area contributed by atoms with Gasteiger partial charge in [-0.3, -0.25) is 9.59 Å². The van der Waals surface area contributed by atoms with E-state index in [1.54, 1.807) is 0 Å². The Kier molecular flexibility index (Phi) is 5.88. The summed E-state index contributed by atoms with van der Waals surface area (Å²) < 4.78 is 0. The summed E-state index contributed by atoms with van der Waals surface area (Å²) in [5, 5.41) is 5.53. The fourth-order valence-electron chi connectivity index (χ4n) is 1.27. The van der Waals surface area contributed by atoms with Crippen molar-refractivity contribution < 1.29 is 9.59 Å². The van der Waals surface area contributed by atoms with Gasteiger partial charge in [0.05, 0.1) is 0 Å². The van der Waals surface area contributed by atoms with E-state index in [0.717, 1.165) is 0 Å². The van der Waals surface area contributed by atoms with Gasteiger partial charge in [-0.1, -0.05) is 23.2 Å². The van der Waals surface area contributed by atoms with Gasteiger partial charge in [0.1, 0.15) is 10.3 Å². The Morgan fingerprint density at radius 1 is 1.22 bits per heavy atom. The molecule has 5 nitrogen and oxygen atoms in total. The Bertz CT molecular complexity index is 432. The minimum atomic E-state index is -0.342. The van der Waals surface area contributed by atoms with Crippen LogP contribution in [-0.4, -0.2) is 29.9 Å². The first-order chi connectivity index (χ1) is 8.52. The number of aromatic nitrogens is 1. The van der Waals surface area contributed by atoms with Crippen molar-refractivity contribution in [3.8, 4) is 0 Å². The van der Waals surface area contributed by atoms with Crippen LogP contribution in [-0.2, 0) is 4.79 Å². The van der Waals surface area contributed by atoms with Crippen LogP contribution in [0.1, 0.15) is 23.7 Å². The van der Waals surface area contributed by atoms with Crippen LogP contribution >= 0.6 is 23.2 Å². The van der Waals surface area contributed by atoms with Crippen molar-refractivity contribution in [2.75, 3.05) is 13.1 Å². The molecule has 7 heteroatoms. The number of carbonyl (C=O) groups is 2. The van der Waals surface area contributed by atoms with Gasteiger partial charge >= 0.3 is 0 Å². The van der Waals surface area contributed by atoms with Gasteiger partial charge in [0.25, 0.3) is 5.91 Å². The van der Waals surface area contributed by atoms with Crippen LogP contribution in [0.15, 0.2) is 12.1 Å². The lowest BCUT2D eigenvalue weighted by atomic mass is 10.2. The predicted octanol–water partition coefficient (Wildman–Crippen LogP) is 1.64. The first kappa shape index (κ1) is 14.7. The Morgan fingerprint density at radius 2 is 1.83 bits per heavy atom. The van der Waals surface area contributed by atoms with Gasteiger partial charge in [-0.25, -0.2) is 4.98 Å². The van der Waals surface area contributed by atoms with Gasteiger partial charge in [0, 0.05) is 25.1 Å². The first-order valence-electron chi connectivity index (χ1n) is 5.41. The molecule has 0 bridgehead atoms. The molecule has 98 valence electrons. The minimum absolute atomic E-state index is 0.108. The van der Waals surface area contributed by atoms with Crippen LogP contribution in [0, 0.1) is 0 Å². The summed E-state index contributed by atoms with van der Waals surface area (Å²) in [7, 11) is 0. The van der Waals surface area contributed by atoms with Gasteiger partial charge in [0.15, 0.2) is 0 Å². The monoisotopic (exact) mass is 289 g/mol. The number of nitrogens with one attached hydrogen (secondary N) is 2. The molecule has 0 radical (unpaired) electrons. The second kappa shape index (κ2) is 7.18. The standard InChI is InChI=1S/C11H13Cl2N3O2/c1-2-14-10(17)3-4-15-11(18)7-5-8(12)16-9(13)6-7/h5-6H,2-4H2,1H3,(H,14,17)(H,15,18). The molecule has 0 atom stereocenters. The molecule has 2 N–H and O–H groups in total. The first-order valence-corrected chi connectivity index (χ1v) is 6.16. The molecule has 0 aromatic carbocycles. The molecule has 0 fully saturated rings. The van der Waals surface area contributed by atoms with Gasteiger partial charge in [-0.05, 0) is 19.1 Å². The summed E-state index contributed by atoms with van der Waals surface area (Å²) >= 11 is 11.4. The number of hydrogen-bond acceptors (Lipinski definition) is 3. The summed E-state index contributed by atoms with van der Waals surface area (Å²) in [6.45, 7) is 2.65. The van der Waals surface area contributed by atoms with E-state index in [1.165, 1.54) is 12.1 Å². The Labute approximate surface area is 115 Å². The number of pyridine rings is 1. The summed E-state index contributed by atoms with van der Waals surface area (Å²) in [6, 6.07) is 2.82. The van der Waals surface area contributed by atoms with E-state index in [9.17, 15) is 9.59 Å². The largest absolute Gasteiger partial charge is 0.356 e. The molecular formula is C11H13Cl2N3O2. The Morgan fingerprint density at radius 3 is 2.39 bits per heavy atom. The third-order valence-electron chi connectivity index (χ3n) is 2.04. The van der Waals surface area contributed by atoms with E-state index in [0.29, 0.717) is 12.1 Å². The normalized spacial score (nSPS) is 9.94. The third kappa shape index (κ3) is 4.89. The maximum Gasteiger partial charge on any atom is 0.251 e. The molecule has 1 aromatic rings. The Hall–Kier alpha value is -1.33. The number of amides is 2. The topological polar surface area (TPSA) is 71.1 Å². The van der Waals surface area contributed by atoms with Crippen LogP contribution in [0.5, 0.6) is 0 Å². The molecule has 0 aliphatic heterocycles. The lowest BCUT2D eigenvalue weighted by Gasteiger charge is -2.06. The zero-order valence-corrected chi connectivity index (χ0v) is 11.3. The van der Waals surface area contributed by atoms with E-state index < -0.39 is 0 Å². The highest BCUT2D eigenvalue weighted by atomic mass is 35.5. The van der Waals surface area contributed by atoms with Gasteiger partial charge in [-0.2, -0.15) is 0 Å². The van der Waals surface area contributed by atoms with Crippen LogP contribution in [0.3, 0.4) is 0 Å². The molecule has 2 amide bonds. The lowest BCUT2D eigenvalue weighted by Crippen LogP contribution is -2.30. The molecule has 0 saturated carbocycles. The molecule has 0 aliphatic carbocycles. The Balaban J connectivity index is 2.48. The van der Waals surface area contributed by atoms with Crippen molar-refractivity contribution in [3.05, 3.63) is 28.0 Å². The van der Waals surface area contributed by atoms with Crippen LogP contribution < -0.4 is 10.6 Å². The predicted molar refractivity (Wildman–Crippen MR) is 69.9 cm³/mol. The van der Waals surface area contributed by atoms with Crippen LogP contribution in [0.2, 0.25) is 10.3 Å². The molecule has 18 heavy (non-hydrogen) atoms. The van der Waals surface area contributed by atoms with Crippen LogP contribution in [0.25, 0.3) is 0 Å².